The van der Waals surface area contributed by atoms with Crippen molar-refractivity contribution in [1.82, 2.24) is 15.3 Å². The largest absolute Gasteiger partial charge is 0.378 e. The van der Waals surface area contributed by atoms with Gasteiger partial charge < -0.3 is 10.6 Å². The summed E-state index contributed by atoms with van der Waals surface area (Å²) in [5.74, 6) is -0.168. The Labute approximate surface area is 124 Å². The third-order valence-electron chi connectivity index (χ3n) is 2.68. The Morgan fingerprint density at radius 2 is 1.95 bits per heavy atom. The van der Waals surface area contributed by atoms with Crippen molar-refractivity contribution in [3.8, 4) is 0 Å². The van der Waals surface area contributed by atoms with Crippen molar-refractivity contribution >= 4 is 11.6 Å². The quantitative estimate of drug-likeness (QED) is 0.905. The molecule has 0 saturated heterocycles. The van der Waals surface area contributed by atoms with Crippen LogP contribution in [0.15, 0.2) is 42.7 Å². The molecule has 0 atom stereocenters. The normalized spacial score (nSPS) is 11.0. The first-order chi connectivity index (χ1) is 9.94. The van der Waals surface area contributed by atoms with Gasteiger partial charge in [-0.1, -0.05) is 6.07 Å². The van der Waals surface area contributed by atoms with E-state index in [4.69, 9.17) is 0 Å². The number of hydrogen-bond acceptors (Lipinski definition) is 4. The van der Waals surface area contributed by atoms with E-state index >= 15 is 0 Å². The molecule has 0 aromatic carbocycles. The van der Waals surface area contributed by atoms with Crippen LogP contribution in [0.4, 0.5) is 5.69 Å². The number of nitrogens with zero attached hydrogens (tertiary/aromatic N) is 2. The van der Waals surface area contributed by atoms with Crippen LogP contribution in [0.1, 0.15) is 37.0 Å². The maximum atomic E-state index is 11.9. The molecule has 2 aromatic rings. The van der Waals surface area contributed by atoms with Gasteiger partial charge in [0, 0.05) is 11.7 Å². The van der Waals surface area contributed by atoms with Gasteiger partial charge in [0.2, 0.25) is 0 Å². The van der Waals surface area contributed by atoms with Gasteiger partial charge in [0.1, 0.15) is 5.69 Å². The highest BCUT2D eigenvalue weighted by atomic mass is 16.2. The molecule has 0 aliphatic rings. The zero-order valence-electron chi connectivity index (χ0n) is 12.6. The first kappa shape index (κ1) is 15.0. The molecule has 0 aliphatic heterocycles. The standard InChI is InChI=1S/C16H20N4O/c1-16(2,3)20-15(21)14-8-7-13(11-19-14)18-10-12-6-4-5-9-17-12/h4-9,11,18H,10H2,1-3H3,(H,20,21). The summed E-state index contributed by atoms with van der Waals surface area (Å²) in [6, 6.07) is 9.33. The Bertz CT molecular complexity index is 588. The molecule has 0 spiro atoms. The molecule has 5 nitrogen and oxygen atoms in total. The van der Waals surface area contributed by atoms with Crippen LogP contribution in [0.25, 0.3) is 0 Å². The zero-order chi connectivity index (χ0) is 15.3. The summed E-state index contributed by atoms with van der Waals surface area (Å²) in [4.78, 5) is 20.4. The van der Waals surface area contributed by atoms with Crippen LogP contribution >= 0.6 is 0 Å². The zero-order valence-corrected chi connectivity index (χ0v) is 12.6. The van der Waals surface area contributed by atoms with Gasteiger partial charge in [-0.3, -0.25) is 9.78 Å². The number of pyridine rings is 2. The van der Waals surface area contributed by atoms with E-state index in [2.05, 4.69) is 20.6 Å². The first-order valence-electron chi connectivity index (χ1n) is 6.86. The SMILES string of the molecule is CC(C)(C)NC(=O)c1ccc(NCc2ccccn2)cn1. The highest BCUT2D eigenvalue weighted by Gasteiger charge is 2.15. The van der Waals surface area contributed by atoms with Crippen molar-refractivity contribution in [1.29, 1.82) is 0 Å². The van der Waals surface area contributed by atoms with Crippen molar-refractivity contribution < 1.29 is 4.79 Å². The molecule has 0 bridgehead atoms. The lowest BCUT2D eigenvalue weighted by Crippen LogP contribution is -2.40. The Morgan fingerprint density at radius 1 is 1.14 bits per heavy atom. The molecule has 2 heterocycles. The minimum absolute atomic E-state index is 0.168. The Balaban J connectivity index is 1.94. The van der Waals surface area contributed by atoms with Crippen molar-refractivity contribution in [3.63, 3.8) is 0 Å². The van der Waals surface area contributed by atoms with E-state index in [1.807, 2.05) is 45.0 Å². The number of rotatable bonds is 4. The second-order valence-corrected chi connectivity index (χ2v) is 5.81. The fourth-order valence-corrected chi connectivity index (χ4v) is 1.73. The van der Waals surface area contributed by atoms with Crippen molar-refractivity contribution in [2.75, 3.05) is 5.32 Å². The number of amides is 1. The minimum Gasteiger partial charge on any atom is -0.378 e. The van der Waals surface area contributed by atoms with E-state index in [1.165, 1.54) is 0 Å². The minimum atomic E-state index is -0.269. The van der Waals surface area contributed by atoms with Gasteiger partial charge in [0.05, 0.1) is 24.1 Å². The fraction of sp³-hybridized carbons (Fsp3) is 0.312. The van der Waals surface area contributed by atoms with E-state index in [0.29, 0.717) is 12.2 Å². The molecule has 5 heteroatoms. The molecular weight excluding hydrogens is 264 g/mol. The van der Waals surface area contributed by atoms with E-state index < -0.39 is 0 Å². The number of aromatic nitrogens is 2. The van der Waals surface area contributed by atoms with Crippen LogP contribution in [0.5, 0.6) is 0 Å². The summed E-state index contributed by atoms with van der Waals surface area (Å²) < 4.78 is 0. The molecule has 2 N–H and O–H groups in total. The molecule has 2 aromatic heterocycles. The first-order valence-corrected chi connectivity index (χ1v) is 6.86. The smallest absolute Gasteiger partial charge is 0.270 e. The predicted octanol–water partition coefficient (Wildman–Crippen LogP) is 2.62. The predicted molar refractivity (Wildman–Crippen MR) is 83.0 cm³/mol. The molecule has 0 fully saturated rings. The average molecular weight is 284 g/mol. The van der Waals surface area contributed by atoms with Crippen molar-refractivity contribution in [3.05, 3.63) is 54.1 Å². The summed E-state index contributed by atoms with van der Waals surface area (Å²) in [5.41, 5.74) is 1.95. The average Bonchev–Trinajstić information content (AvgIpc) is 2.45. The summed E-state index contributed by atoms with van der Waals surface area (Å²) in [6.45, 7) is 6.44. The van der Waals surface area contributed by atoms with Crippen LogP contribution in [0.3, 0.4) is 0 Å². The molecule has 110 valence electrons. The molecule has 2 rings (SSSR count). The molecule has 1 amide bonds. The second-order valence-electron chi connectivity index (χ2n) is 5.81. The van der Waals surface area contributed by atoms with Gasteiger partial charge in [-0.05, 0) is 45.0 Å². The van der Waals surface area contributed by atoms with Gasteiger partial charge in [0.15, 0.2) is 0 Å². The third-order valence-corrected chi connectivity index (χ3v) is 2.68. The third kappa shape index (κ3) is 4.87. The Kier molecular flexibility index (Phi) is 4.52. The van der Waals surface area contributed by atoms with E-state index in [-0.39, 0.29) is 11.4 Å². The van der Waals surface area contributed by atoms with Crippen LogP contribution in [-0.2, 0) is 6.54 Å². The van der Waals surface area contributed by atoms with E-state index in [9.17, 15) is 4.79 Å². The van der Waals surface area contributed by atoms with Gasteiger partial charge in [-0.2, -0.15) is 0 Å². The number of carbonyl (C=O) groups is 1. The molecular formula is C16H20N4O. The molecule has 21 heavy (non-hydrogen) atoms. The lowest BCUT2D eigenvalue weighted by Gasteiger charge is -2.20. The highest BCUT2D eigenvalue weighted by molar-refractivity contribution is 5.92. The van der Waals surface area contributed by atoms with E-state index in [1.54, 1.807) is 18.5 Å². The Hall–Kier alpha value is -2.43. The van der Waals surface area contributed by atoms with Crippen LogP contribution in [0, 0.1) is 0 Å². The van der Waals surface area contributed by atoms with E-state index in [0.717, 1.165) is 11.4 Å². The summed E-state index contributed by atoms with van der Waals surface area (Å²) in [7, 11) is 0. The van der Waals surface area contributed by atoms with Crippen molar-refractivity contribution in [2.24, 2.45) is 0 Å². The summed E-state index contributed by atoms with van der Waals surface area (Å²) >= 11 is 0. The topological polar surface area (TPSA) is 66.9 Å². The van der Waals surface area contributed by atoms with Gasteiger partial charge in [0.25, 0.3) is 5.91 Å². The number of carbonyl (C=O) groups excluding carboxylic acids is 1. The monoisotopic (exact) mass is 284 g/mol. The van der Waals surface area contributed by atoms with Crippen LogP contribution in [0.2, 0.25) is 0 Å². The molecule has 0 radical (unpaired) electrons. The maximum absolute atomic E-state index is 11.9. The van der Waals surface area contributed by atoms with Crippen LogP contribution < -0.4 is 10.6 Å². The van der Waals surface area contributed by atoms with Crippen LogP contribution in [-0.4, -0.2) is 21.4 Å². The second kappa shape index (κ2) is 6.35. The highest BCUT2D eigenvalue weighted by Crippen LogP contribution is 2.09. The van der Waals surface area contributed by atoms with Gasteiger partial charge in [-0.25, -0.2) is 4.98 Å². The van der Waals surface area contributed by atoms with Gasteiger partial charge in [-0.15, -0.1) is 0 Å². The lowest BCUT2D eigenvalue weighted by atomic mass is 10.1. The molecule has 0 aliphatic carbocycles. The fourth-order valence-electron chi connectivity index (χ4n) is 1.73. The van der Waals surface area contributed by atoms with Gasteiger partial charge >= 0.3 is 0 Å². The summed E-state index contributed by atoms with van der Waals surface area (Å²) in [5, 5.41) is 6.10. The van der Waals surface area contributed by atoms with Crippen molar-refractivity contribution in [2.45, 2.75) is 32.9 Å². The number of hydrogen-bond donors (Lipinski definition) is 2. The molecule has 0 unspecified atom stereocenters. The maximum Gasteiger partial charge on any atom is 0.270 e. The lowest BCUT2D eigenvalue weighted by molar-refractivity contribution is 0.0914. The number of anilines is 1. The molecule has 0 saturated carbocycles. The number of nitrogens with one attached hydrogen (secondary N) is 2. The summed E-state index contributed by atoms with van der Waals surface area (Å²) in [6.07, 6.45) is 3.41. The Morgan fingerprint density at radius 3 is 2.52 bits per heavy atom.